The van der Waals surface area contributed by atoms with E-state index in [1.165, 1.54) is 11.5 Å². The summed E-state index contributed by atoms with van der Waals surface area (Å²) in [6.07, 6.45) is 1.57. The lowest BCUT2D eigenvalue weighted by molar-refractivity contribution is 0.249. The Morgan fingerprint density at radius 1 is 1.52 bits per heavy atom. The summed E-state index contributed by atoms with van der Waals surface area (Å²) in [4.78, 5) is 13.0. The van der Waals surface area contributed by atoms with Gasteiger partial charge < -0.3 is 10.5 Å². The van der Waals surface area contributed by atoms with Gasteiger partial charge in [-0.05, 0) is 23.8 Å². The molecule has 1 fully saturated rings. The van der Waals surface area contributed by atoms with Crippen LogP contribution in [0.5, 0.6) is 5.75 Å². The van der Waals surface area contributed by atoms with Gasteiger partial charge in [0.25, 0.3) is 0 Å². The second-order valence-corrected chi connectivity index (χ2v) is 5.92. The Hall–Kier alpha value is -1.73. The van der Waals surface area contributed by atoms with Crippen molar-refractivity contribution < 1.29 is 9.53 Å². The number of rotatable bonds is 5. The second-order valence-electron chi connectivity index (χ2n) is 4.69. The van der Waals surface area contributed by atoms with E-state index in [-0.39, 0.29) is 0 Å². The minimum absolute atomic E-state index is 0.675. The number of nitrogens with zero attached hydrogens (tertiary/aromatic N) is 2. The number of hydrazone groups is 1. The normalized spacial score (nSPS) is 16.0. The molecule has 1 saturated heterocycles. The number of amides is 2. The van der Waals surface area contributed by atoms with E-state index in [9.17, 15) is 4.79 Å². The van der Waals surface area contributed by atoms with Crippen LogP contribution >= 0.6 is 11.8 Å². The smallest absolute Gasteiger partial charge is 0.332 e. The number of urea groups is 1. The maximum atomic E-state index is 10.6. The van der Waals surface area contributed by atoms with E-state index >= 15 is 0 Å². The van der Waals surface area contributed by atoms with E-state index in [0.29, 0.717) is 0 Å². The first kappa shape index (κ1) is 15.7. The minimum atomic E-state index is -0.675. The number of thioether (sulfide) groups is 1. The average Bonchev–Trinajstić information content (AvgIpc) is 2.48. The summed E-state index contributed by atoms with van der Waals surface area (Å²) in [5.74, 6) is 3.21. The Morgan fingerprint density at radius 2 is 2.29 bits per heavy atom. The third kappa shape index (κ3) is 4.95. The van der Waals surface area contributed by atoms with Gasteiger partial charge in [0, 0.05) is 36.7 Å². The van der Waals surface area contributed by atoms with Gasteiger partial charge in [0.15, 0.2) is 0 Å². The molecule has 6 nitrogen and oxygen atoms in total. The summed E-state index contributed by atoms with van der Waals surface area (Å²) in [7, 11) is 1.67. The maximum absolute atomic E-state index is 10.6. The third-order valence-electron chi connectivity index (χ3n) is 3.19. The molecule has 1 aliphatic heterocycles. The van der Waals surface area contributed by atoms with Gasteiger partial charge in [0.2, 0.25) is 0 Å². The Bertz CT molecular complexity index is 516. The average molecular weight is 308 g/mol. The fourth-order valence-electron chi connectivity index (χ4n) is 2.17. The molecule has 2 rings (SSSR count). The molecule has 0 bridgehead atoms. The molecule has 0 atom stereocenters. The standard InChI is InChI=1S/C14H20N4O2S/c1-20-13-3-2-11(9-16-17-14(15)19)8-12(13)10-18-4-6-21-7-5-18/h2-3,8-9H,4-7,10H2,1H3,(H3,15,17,19). The molecule has 3 N–H and O–H groups in total. The van der Waals surface area contributed by atoms with Gasteiger partial charge in [-0.25, -0.2) is 10.2 Å². The van der Waals surface area contributed by atoms with Crippen LogP contribution in [0.3, 0.4) is 0 Å². The van der Waals surface area contributed by atoms with E-state index in [0.717, 1.165) is 36.5 Å². The zero-order valence-electron chi connectivity index (χ0n) is 12.0. The fourth-order valence-corrected chi connectivity index (χ4v) is 3.15. The zero-order chi connectivity index (χ0) is 15.1. The summed E-state index contributed by atoms with van der Waals surface area (Å²) in [5, 5.41) is 3.78. The minimum Gasteiger partial charge on any atom is -0.496 e. The molecule has 0 radical (unpaired) electrons. The molecular weight excluding hydrogens is 288 g/mol. The van der Waals surface area contributed by atoms with Gasteiger partial charge in [-0.3, -0.25) is 4.90 Å². The van der Waals surface area contributed by atoms with Crippen LogP contribution < -0.4 is 15.9 Å². The van der Waals surface area contributed by atoms with Gasteiger partial charge in [0.05, 0.1) is 13.3 Å². The van der Waals surface area contributed by atoms with Crippen LogP contribution in [0.25, 0.3) is 0 Å². The number of hydrogen-bond donors (Lipinski definition) is 2. The van der Waals surface area contributed by atoms with Gasteiger partial charge in [-0.15, -0.1) is 0 Å². The van der Waals surface area contributed by atoms with Crippen molar-refractivity contribution in [1.29, 1.82) is 0 Å². The van der Waals surface area contributed by atoms with Crippen molar-refractivity contribution in [3.05, 3.63) is 29.3 Å². The lowest BCUT2D eigenvalue weighted by atomic mass is 10.1. The molecule has 1 aromatic carbocycles. The van der Waals surface area contributed by atoms with E-state index in [4.69, 9.17) is 10.5 Å². The molecule has 0 aliphatic carbocycles. The quantitative estimate of drug-likeness (QED) is 0.634. The summed E-state index contributed by atoms with van der Waals surface area (Å²) >= 11 is 1.99. The van der Waals surface area contributed by atoms with E-state index < -0.39 is 6.03 Å². The van der Waals surface area contributed by atoms with Crippen LogP contribution in [0.15, 0.2) is 23.3 Å². The number of ether oxygens (including phenoxy) is 1. The molecule has 7 heteroatoms. The number of primary amides is 1. The highest BCUT2D eigenvalue weighted by molar-refractivity contribution is 7.99. The lowest BCUT2D eigenvalue weighted by Crippen LogP contribution is -2.32. The molecule has 2 amide bonds. The predicted molar refractivity (Wildman–Crippen MR) is 85.9 cm³/mol. The second kappa shape index (κ2) is 7.90. The number of benzene rings is 1. The fraction of sp³-hybridized carbons (Fsp3) is 0.429. The number of carbonyl (C=O) groups is 1. The first-order chi connectivity index (χ1) is 10.2. The highest BCUT2D eigenvalue weighted by Gasteiger charge is 2.13. The Kier molecular flexibility index (Phi) is 5.89. The van der Waals surface area contributed by atoms with Crippen molar-refractivity contribution in [3.8, 4) is 5.75 Å². The number of methoxy groups -OCH3 is 1. The summed E-state index contributed by atoms with van der Waals surface area (Å²) in [5.41, 5.74) is 9.16. The number of nitrogens with one attached hydrogen (secondary N) is 1. The summed E-state index contributed by atoms with van der Waals surface area (Å²) in [6, 6.07) is 5.15. The molecule has 114 valence electrons. The highest BCUT2D eigenvalue weighted by atomic mass is 32.2. The van der Waals surface area contributed by atoms with E-state index in [1.54, 1.807) is 13.3 Å². The van der Waals surface area contributed by atoms with Crippen molar-refractivity contribution in [1.82, 2.24) is 10.3 Å². The van der Waals surface area contributed by atoms with Gasteiger partial charge >= 0.3 is 6.03 Å². The first-order valence-electron chi connectivity index (χ1n) is 6.74. The third-order valence-corrected chi connectivity index (χ3v) is 4.13. The Morgan fingerprint density at radius 3 is 2.95 bits per heavy atom. The largest absolute Gasteiger partial charge is 0.496 e. The number of nitrogens with two attached hydrogens (primary N) is 1. The Balaban J connectivity index is 2.09. The van der Waals surface area contributed by atoms with Crippen molar-refractivity contribution in [2.75, 3.05) is 31.7 Å². The maximum Gasteiger partial charge on any atom is 0.332 e. The van der Waals surface area contributed by atoms with Crippen molar-refractivity contribution >= 4 is 24.0 Å². The highest BCUT2D eigenvalue weighted by Crippen LogP contribution is 2.22. The molecular formula is C14H20N4O2S. The monoisotopic (exact) mass is 308 g/mol. The molecule has 0 unspecified atom stereocenters. The van der Waals surface area contributed by atoms with E-state index in [1.807, 2.05) is 30.0 Å². The lowest BCUT2D eigenvalue weighted by Gasteiger charge is -2.26. The molecule has 0 aromatic heterocycles. The molecule has 0 spiro atoms. The van der Waals surface area contributed by atoms with Crippen molar-refractivity contribution in [2.45, 2.75) is 6.54 Å². The van der Waals surface area contributed by atoms with Gasteiger partial charge in [-0.2, -0.15) is 16.9 Å². The van der Waals surface area contributed by atoms with Crippen molar-refractivity contribution in [2.24, 2.45) is 10.8 Å². The molecule has 1 aromatic rings. The van der Waals surface area contributed by atoms with Crippen LogP contribution in [-0.2, 0) is 6.54 Å². The van der Waals surface area contributed by atoms with E-state index in [2.05, 4.69) is 15.4 Å². The molecule has 0 saturated carbocycles. The molecule has 1 heterocycles. The van der Waals surface area contributed by atoms with Crippen LogP contribution in [0, 0.1) is 0 Å². The van der Waals surface area contributed by atoms with Crippen LogP contribution in [0.2, 0.25) is 0 Å². The van der Waals surface area contributed by atoms with Crippen molar-refractivity contribution in [3.63, 3.8) is 0 Å². The van der Waals surface area contributed by atoms with Crippen LogP contribution in [0.1, 0.15) is 11.1 Å². The number of carbonyl (C=O) groups excluding carboxylic acids is 1. The summed E-state index contributed by atoms with van der Waals surface area (Å²) in [6.45, 7) is 3.04. The molecule has 1 aliphatic rings. The predicted octanol–water partition coefficient (Wildman–Crippen LogP) is 1.25. The van der Waals surface area contributed by atoms with Gasteiger partial charge in [-0.1, -0.05) is 0 Å². The van der Waals surface area contributed by atoms with Crippen LogP contribution in [0.4, 0.5) is 4.79 Å². The number of hydrogen-bond acceptors (Lipinski definition) is 5. The summed E-state index contributed by atoms with van der Waals surface area (Å²) < 4.78 is 5.42. The van der Waals surface area contributed by atoms with Crippen LogP contribution in [-0.4, -0.2) is 48.9 Å². The first-order valence-corrected chi connectivity index (χ1v) is 7.90. The zero-order valence-corrected chi connectivity index (χ0v) is 12.9. The molecule has 21 heavy (non-hydrogen) atoms. The van der Waals surface area contributed by atoms with Gasteiger partial charge in [0.1, 0.15) is 5.75 Å². The SMILES string of the molecule is COc1ccc(C=NNC(N)=O)cc1CN1CCSCC1. The Labute approximate surface area is 128 Å². The topological polar surface area (TPSA) is 80.0 Å².